The van der Waals surface area contributed by atoms with Crippen molar-refractivity contribution in [3.8, 4) is 5.75 Å². The average Bonchev–Trinajstić information content (AvgIpc) is 3.45. The van der Waals surface area contributed by atoms with Crippen LogP contribution in [0.25, 0.3) is 0 Å². The minimum atomic E-state index is -3.54. The van der Waals surface area contributed by atoms with E-state index in [2.05, 4.69) is 10.0 Å². The summed E-state index contributed by atoms with van der Waals surface area (Å²) < 4.78 is 32.5. The second kappa shape index (κ2) is 8.32. The average molecular weight is 444 g/mol. The number of nitrogens with one attached hydrogen (secondary N) is 2. The fourth-order valence-corrected chi connectivity index (χ4v) is 4.88. The number of benzene rings is 2. The molecule has 1 aliphatic heterocycles. The van der Waals surface area contributed by atoms with Gasteiger partial charge in [-0.15, -0.1) is 0 Å². The Morgan fingerprint density at radius 2 is 1.84 bits per heavy atom. The first-order chi connectivity index (χ1) is 14.8. The van der Waals surface area contributed by atoms with Gasteiger partial charge in [0, 0.05) is 24.7 Å². The van der Waals surface area contributed by atoms with Gasteiger partial charge in [-0.3, -0.25) is 9.59 Å². The van der Waals surface area contributed by atoms with Crippen molar-refractivity contribution in [1.29, 1.82) is 0 Å². The molecular weight excluding hydrogens is 418 g/mol. The SMILES string of the molecule is COc1ccc(C)cc1N1C[C@@H](C(=O)Nc2ccc(S(=O)(=O)NC3CC3)cc2)CC1=O. The molecule has 1 saturated carbocycles. The highest BCUT2D eigenvalue weighted by molar-refractivity contribution is 7.89. The summed E-state index contributed by atoms with van der Waals surface area (Å²) in [5.41, 5.74) is 2.12. The van der Waals surface area contributed by atoms with Gasteiger partial charge in [0.2, 0.25) is 21.8 Å². The first-order valence-electron chi connectivity index (χ1n) is 10.1. The van der Waals surface area contributed by atoms with Crippen molar-refractivity contribution in [1.82, 2.24) is 4.72 Å². The van der Waals surface area contributed by atoms with Gasteiger partial charge in [0.1, 0.15) is 5.75 Å². The number of ether oxygens (including phenoxy) is 1. The number of hydrogen-bond donors (Lipinski definition) is 2. The van der Waals surface area contributed by atoms with E-state index in [-0.39, 0.29) is 35.7 Å². The second-order valence-corrected chi connectivity index (χ2v) is 9.70. The standard InChI is InChI=1S/C22H25N3O5S/c1-14-3-10-20(30-2)19(11-14)25-13-15(12-21(25)26)22(27)23-16-6-8-18(9-7-16)31(28,29)24-17-4-5-17/h3,6-11,15,17,24H,4-5,12-13H2,1-2H3,(H,23,27)/t15-/m0/s1. The molecule has 2 N–H and O–H groups in total. The Bertz CT molecular complexity index is 1110. The molecule has 8 nitrogen and oxygen atoms in total. The van der Waals surface area contributed by atoms with Crippen LogP contribution in [0.15, 0.2) is 47.4 Å². The van der Waals surface area contributed by atoms with Gasteiger partial charge in [0.25, 0.3) is 0 Å². The van der Waals surface area contributed by atoms with Crippen molar-refractivity contribution >= 4 is 33.2 Å². The fraction of sp³-hybridized carbons (Fsp3) is 0.364. The molecule has 1 aliphatic carbocycles. The number of hydrogen-bond acceptors (Lipinski definition) is 5. The Kier molecular flexibility index (Phi) is 5.72. The maximum absolute atomic E-state index is 12.7. The highest BCUT2D eigenvalue weighted by Gasteiger charge is 2.36. The number of rotatable bonds is 7. The van der Waals surface area contributed by atoms with Gasteiger partial charge in [-0.1, -0.05) is 6.07 Å². The summed E-state index contributed by atoms with van der Waals surface area (Å²) in [4.78, 5) is 27.1. The number of aryl methyl sites for hydroxylation is 1. The van der Waals surface area contributed by atoms with Crippen LogP contribution in [-0.2, 0) is 19.6 Å². The zero-order valence-electron chi connectivity index (χ0n) is 17.4. The van der Waals surface area contributed by atoms with Crippen LogP contribution in [0.1, 0.15) is 24.8 Å². The van der Waals surface area contributed by atoms with E-state index >= 15 is 0 Å². The lowest BCUT2D eigenvalue weighted by atomic mass is 10.1. The molecule has 0 bridgehead atoms. The second-order valence-electron chi connectivity index (χ2n) is 7.99. The molecule has 2 aromatic rings. The molecule has 0 unspecified atom stereocenters. The maximum atomic E-state index is 12.7. The van der Waals surface area contributed by atoms with Gasteiger partial charge < -0.3 is 15.0 Å². The van der Waals surface area contributed by atoms with E-state index in [4.69, 9.17) is 4.74 Å². The molecule has 2 amide bonds. The summed E-state index contributed by atoms with van der Waals surface area (Å²) in [6.07, 6.45) is 1.82. The predicted molar refractivity (Wildman–Crippen MR) is 117 cm³/mol. The number of methoxy groups -OCH3 is 1. The number of sulfonamides is 1. The van der Waals surface area contributed by atoms with E-state index in [1.54, 1.807) is 30.2 Å². The molecule has 0 spiro atoms. The van der Waals surface area contributed by atoms with Crippen LogP contribution in [0, 0.1) is 12.8 Å². The molecule has 164 valence electrons. The van der Waals surface area contributed by atoms with Crippen LogP contribution >= 0.6 is 0 Å². The monoisotopic (exact) mass is 443 g/mol. The van der Waals surface area contributed by atoms with Crippen LogP contribution in [0.3, 0.4) is 0 Å². The zero-order valence-corrected chi connectivity index (χ0v) is 18.2. The lowest BCUT2D eigenvalue weighted by Gasteiger charge is -2.20. The molecule has 2 aromatic carbocycles. The van der Waals surface area contributed by atoms with Gasteiger partial charge in [0.15, 0.2) is 0 Å². The Morgan fingerprint density at radius 1 is 1.13 bits per heavy atom. The van der Waals surface area contributed by atoms with Crippen molar-refractivity contribution in [3.63, 3.8) is 0 Å². The molecule has 31 heavy (non-hydrogen) atoms. The van der Waals surface area contributed by atoms with E-state index in [1.165, 1.54) is 12.1 Å². The minimum Gasteiger partial charge on any atom is -0.495 e. The Labute approximate surface area is 181 Å². The Balaban J connectivity index is 1.42. The van der Waals surface area contributed by atoms with Gasteiger partial charge in [-0.05, 0) is 61.7 Å². The molecule has 0 aromatic heterocycles. The highest BCUT2D eigenvalue weighted by atomic mass is 32.2. The summed E-state index contributed by atoms with van der Waals surface area (Å²) in [5.74, 6) is -0.361. The third kappa shape index (κ3) is 4.72. The number of carbonyl (C=O) groups is 2. The molecule has 4 rings (SSSR count). The van der Waals surface area contributed by atoms with E-state index < -0.39 is 15.9 Å². The summed E-state index contributed by atoms with van der Waals surface area (Å²) in [6.45, 7) is 2.18. The van der Waals surface area contributed by atoms with Crippen LogP contribution in [0.2, 0.25) is 0 Å². The quantitative estimate of drug-likeness (QED) is 0.684. The molecule has 2 fully saturated rings. The summed E-state index contributed by atoms with van der Waals surface area (Å²) in [5, 5.41) is 2.78. The van der Waals surface area contributed by atoms with Crippen molar-refractivity contribution in [2.45, 2.75) is 37.1 Å². The molecule has 9 heteroatoms. The third-order valence-corrected chi connectivity index (χ3v) is 6.99. The minimum absolute atomic E-state index is 0.0271. The van der Waals surface area contributed by atoms with E-state index in [1.807, 2.05) is 19.1 Å². The summed E-state index contributed by atoms with van der Waals surface area (Å²) >= 11 is 0. The topological polar surface area (TPSA) is 105 Å². The molecule has 0 radical (unpaired) electrons. The van der Waals surface area contributed by atoms with Crippen molar-refractivity contribution in [3.05, 3.63) is 48.0 Å². The van der Waals surface area contributed by atoms with Crippen LogP contribution in [0.4, 0.5) is 11.4 Å². The molecule has 1 atom stereocenters. The number of amides is 2. The van der Waals surface area contributed by atoms with E-state index in [9.17, 15) is 18.0 Å². The van der Waals surface area contributed by atoms with Crippen LogP contribution in [0.5, 0.6) is 5.75 Å². The molecule has 2 aliphatic rings. The van der Waals surface area contributed by atoms with Gasteiger partial charge in [0.05, 0.1) is 23.6 Å². The van der Waals surface area contributed by atoms with Crippen LogP contribution < -0.4 is 19.7 Å². The predicted octanol–water partition coefficient (Wildman–Crippen LogP) is 2.44. The number of anilines is 2. The first-order valence-corrected chi connectivity index (χ1v) is 11.6. The molecular formula is C22H25N3O5S. The van der Waals surface area contributed by atoms with Gasteiger partial charge in [-0.2, -0.15) is 0 Å². The fourth-order valence-electron chi connectivity index (χ4n) is 3.58. The number of nitrogens with zero attached hydrogens (tertiary/aromatic N) is 1. The highest BCUT2D eigenvalue weighted by Crippen LogP contribution is 2.34. The molecule has 1 saturated heterocycles. The lowest BCUT2D eigenvalue weighted by Crippen LogP contribution is -2.28. The van der Waals surface area contributed by atoms with E-state index in [0.29, 0.717) is 17.1 Å². The van der Waals surface area contributed by atoms with Crippen molar-refractivity contribution < 1.29 is 22.7 Å². The third-order valence-electron chi connectivity index (χ3n) is 5.45. The van der Waals surface area contributed by atoms with Gasteiger partial charge >= 0.3 is 0 Å². The summed E-state index contributed by atoms with van der Waals surface area (Å²) in [6, 6.07) is 11.6. The van der Waals surface area contributed by atoms with Crippen LogP contribution in [-0.4, -0.2) is 39.9 Å². The van der Waals surface area contributed by atoms with Gasteiger partial charge in [-0.25, -0.2) is 13.1 Å². The molecule has 1 heterocycles. The van der Waals surface area contributed by atoms with Crippen molar-refractivity contribution in [2.24, 2.45) is 5.92 Å². The van der Waals surface area contributed by atoms with Crippen molar-refractivity contribution in [2.75, 3.05) is 23.9 Å². The smallest absolute Gasteiger partial charge is 0.240 e. The zero-order chi connectivity index (χ0) is 22.2. The maximum Gasteiger partial charge on any atom is 0.240 e. The summed E-state index contributed by atoms with van der Waals surface area (Å²) in [7, 11) is -1.99. The normalized spacial score (nSPS) is 18.8. The Hall–Kier alpha value is -2.91. The Morgan fingerprint density at radius 3 is 2.48 bits per heavy atom. The largest absolute Gasteiger partial charge is 0.495 e. The van der Waals surface area contributed by atoms with E-state index in [0.717, 1.165) is 18.4 Å². The lowest BCUT2D eigenvalue weighted by molar-refractivity contribution is -0.122. The first kappa shape index (κ1) is 21.3. The number of carbonyl (C=O) groups excluding carboxylic acids is 2.